The lowest BCUT2D eigenvalue weighted by molar-refractivity contribution is -0.196. The molecule has 114 valence electrons. The molecule has 4 atom stereocenters. The number of aromatic nitrogens is 3. The number of ether oxygens (including phenoxy) is 4. The van der Waals surface area contributed by atoms with Crippen LogP contribution < -0.4 is 0 Å². The SMILES string of the molecule is CC(=O)OC1O[C@@H]2Cn3nncc3CO[C@@H]2[C@H]1OC(C)=O. The molecule has 2 aliphatic heterocycles. The Morgan fingerprint density at radius 1 is 1.33 bits per heavy atom. The van der Waals surface area contributed by atoms with E-state index in [4.69, 9.17) is 18.9 Å². The van der Waals surface area contributed by atoms with Gasteiger partial charge in [0.25, 0.3) is 0 Å². The van der Waals surface area contributed by atoms with E-state index in [0.29, 0.717) is 6.54 Å². The molecule has 1 saturated heterocycles. The van der Waals surface area contributed by atoms with E-state index >= 15 is 0 Å². The zero-order chi connectivity index (χ0) is 15.0. The van der Waals surface area contributed by atoms with Crippen LogP contribution in [0.3, 0.4) is 0 Å². The Bertz CT molecular complexity index is 559. The summed E-state index contributed by atoms with van der Waals surface area (Å²) in [6.45, 7) is 3.19. The monoisotopic (exact) mass is 297 g/mol. The van der Waals surface area contributed by atoms with Gasteiger partial charge in [-0.25, -0.2) is 4.68 Å². The minimum absolute atomic E-state index is 0.266. The molecule has 0 saturated carbocycles. The van der Waals surface area contributed by atoms with Gasteiger partial charge in [-0.1, -0.05) is 5.21 Å². The van der Waals surface area contributed by atoms with Crippen LogP contribution in [0.5, 0.6) is 0 Å². The first-order valence-electron chi connectivity index (χ1n) is 6.53. The summed E-state index contributed by atoms with van der Waals surface area (Å²) in [5.74, 6) is -1.01. The van der Waals surface area contributed by atoms with Crippen molar-refractivity contribution in [2.45, 2.75) is 51.6 Å². The summed E-state index contributed by atoms with van der Waals surface area (Å²) in [6, 6.07) is 0. The summed E-state index contributed by atoms with van der Waals surface area (Å²) >= 11 is 0. The van der Waals surface area contributed by atoms with Gasteiger partial charge < -0.3 is 18.9 Å². The first-order valence-corrected chi connectivity index (χ1v) is 6.53. The summed E-state index contributed by atoms with van der Waals surface area (Å²) in [4.78, 5) is 22.4. The molecule has 1 aromatic heterocycles. The molecule has 0 aliphatic carbocycles. The zero-order valence-electron chi connectivity index (χ0n) is 11.6. The van der Waals surface area contributed by atoms with Crippen LogP contribution in [-0.4, -0.2) is 51.5 Å². The Labute approximate surface area is 120 Å². The van der Waals surface area contributed by atoms with Crippen molar-refractivity contribution in [3.8, 4) is 0 Å². The number of hydrogen-bond acceptors (Lipinski definition) is 8. The predicted molar refractivity (Wildman–Crippen MR) is 64.6 cm³/mol. The number of rotatable bonds is 2. The molecular weight excluding hydrogens is 282 g/mol. The van der Waals surface area contributed by atoms with Crippen molar-refractivity contribution < 1.29 is 28.5 Å². The summed E-state index contributed by atoms with van der Waals surface area (Å²) in [6.07, 6.45) is -1.15. The lowest BCUT2D eigenvalue weighted by atomic mass is 10.1. The number of nitrogens with zero attached hydrogens (tertiary/aromatic N) is 3. The Morgan fingerprint density at radius 2 is 2.10 bits per heavy atom. The number of carbonyl (C=O) groups is 2. The van der Waals surface area contributed by atoms with Gasteiger partial charge >= 0.3 is 11.9 Å². The molecule has 1 fully saturated rings. The van der Waals surface area contributed by atoms with E-state index in [1.165, 1.54) is 13.8 Å². The molecule has 9 nitrogen and oxygen atoms in total. The third-order valence-electron chi connectivity index (χ3n) is 3.33. The molecule has 0 radical (unpaired) electrons. The highest BCUT2D eigenvalue weighted by Gasteiger charge is 2.50. The third-order valence-corrected chi connectivity index (χ3v) is 3.33. The van der Waals surface area contributed by atoms with E-state index in [-0.39, 0.29) is 6.61 Å². The molecule has 9 heteroatoms. The van der Waals surface area contributed by atoms with E-state index < -0.39 is 36.5 Å². The summed E-state index contributed by atoms with van der Waals surface area (Å²) in [7, 11) is 0. The lowest BCUT2D eigenvalue weighted by Gasteiger charge is -2.21. The summed E-state index contributed by atoms with van der Waals surface area (Å²) in [5.41, 5.74) is 0.804. The Kier molecular flexibility index (Phi) is 3.60. The van der Waals surface area contributed by atoms with Crippen LogP contribution in [0.15, 0.2) is 6.20 Å². The molecule has 0 bridgehead atoms. The fourth-order valence-corrected chi connectivity index (χ4v) is 2.51. The molecule has 1 aromatic rings. The van der Waals surface area contributed by atoms with Gasteiger partial charge in [-0.05, 0) is 0 Å². The van der Waals surface area contributed by atoms with E-state index in [9.17, 15) is 9.59 Å². The van der Waals surface area contributed by atoms with Crippen LogP contribution in [0.4, 0.5) is 0 Å². The first-order chi connectivity index (χ1) is 10.0. The molecular formula is C12H15N3O6. The van der Waals surface area contributed by atoms with Gasteiger partial charge in [-0.2, -0.15) is 0 Å². The Hall–Kier alpha value is -2.00. The van der Waals surface area contributed by atoms with Crippen molar-refractivity contribution in [3.05, 3.63) is 11.9 Å². The normalized spacial score (nSPS) is 31.0. The second kappa shape index (κ2) is 5.41. The van der Waals surface area contributed by atoms with Gasteiger partial charge in [-0.3, -0.25) is 9.59 Å². The topological polar surface area (TPSA) is 102 Å². The first kappa shape index (κ1) is 14.0. The fraction of sp³-hybridized carbons (Fsp3) is 0.667. The van der Waals surface area contributed by atoms with E-state index in [0.717, 1.165) is 5.69 Å². The second-order valence-corrected chi connectivity index (χ2v) is 4.91. The average molecular weight is 297 g/mol. The molecule has 21 heavy (non-hydrogen) atoms. The fourth-order valence-electron chi connectivity index (χ4n) is 2.51. The summed E-state index contributed by atoms with van der Waals surface area (Å²) in [5, 5.41) is 7.74. The highest BCUT2D eigenvalue weighted by atomic mass is 16.7. The highest BCUT2D eigenvalue weighted by molar-refractivity contribution is 5.67. The van der Waals surface area contributed by atoms with Gasteiger partial charge in [0, 0.05) is 13.8 Å². The van der Waals surface area contributed by atoms with E-state index in [1.807, 2.05) is 0 Å². The molecule has 1 unspecified atom stereocenters. The van der Waals surface area contributed by atoms with Gasteiger partial charge in [-0.15, -0.1) is 5.10 Å². The molecule has 3 heterocycles. The van der Waals surface area contributed by atoms with Gasteiger partial charge in [0.05, 0.1) is 25.0 Å². The van der Waals surface area contributed by atoms with Crippen LogP contribution in [0.2, 0.25) is 0 Å². The van der Waals surface area contributed by atoms with Gasteiger partial charge in [0.2, 0.25) is 6.29 Å². The van der Waals surface area contributed by atoms with Crippen LogP contribution in [-0.2, 0) is 41.7 Å². The smallest absolute Gasteiger partial charge is 0.305 e. The van der Waals surface area contributed by atoms with Gasteiger partial charge in [0.1, 0.15) is 12.2 Å². The van der Waals surface area contributed by atoms with Crippen molar-refractivity contribution in [2.75, 3.05) is 0 Å². The Morgan fingerprint density at radius 3 is 2.81 bits per heavy atom. The minimum atomic E-state index is -0.980. The number of hydrogen-bond donors (Lipinski definition) is 0. The van der Waals surface area contributed by atoms with Crippen molar-refractivity contribution in [1.82, 2.24) is 15.0 Å². The third kappa shape index (κ3) is 2.74. The zero-order valence-corrected chi connectivity index (χ0v) is 11.6. The maximum Gasteiger partial charge on any atom is 0.305 e. The van der Waals surface area contributed by atoms with Crippen molar-refractivity contribution >= 4 is 11.9 Å². The molecule has 0 N–H and O–H groups in total. The largest absolute Gasteiger partial charge is 0.453 e. The molecule has 0 amide bonds. The van der Waals surface area contributed by atoms with E-state index in [2.05, 4.69) is 10.3 Å². The number of carbonyl (C=O) groups excluding carboxylic acids is 2. The predicted octanol–water partition coefficient (Wildman–Crippen LogP) is -0.603. The van der Waals surface area contributed by atoms with Crippen LogP contribution in [0, 0.1) is 0 Å². The standard InChI is InChI=1S/C12H15N3O6/c1-6(16)19-11-10-9(21-12(11)20-7(2)17)4-15-8(5-18-10)3-13-14-15/h3,9-12H,4-5H2,1-2H3/t9-,10+,11-,12?/m1/s1. The maximum absolute atomic E-state index is 11.3. The molecule has 0 aromatic carbocycles. The van der Waals surface area contributed by atoms with Crippen molar-refractivity contribution in [3.63, 3.8) is 0 Å². The van der Waals surface area contributed by atoms with Crippen molar-refractivity contribution in [2.24, 2.45) is 0 Å². The number of esters is 2. The average Bonchev–Trinajstić information content (AvgIpc) is 2.89. The quantitative estimate of drug-likeness (QED) is 0.667. The minimum Gasteiger partial charge on any atom is -0.453 e. The molecule has 0 spiro atoms. The maximum atomic E-state index is 11.3. The second-order valence-electron chi connectivity index (χ2n) is 4.91. The molecule has 3 rings (SSSR count). The van der Waals surface area contributed by atoms with Crippen LogP contribution in [0.1, 0.15) is 19.5 Å². The number of fused-ring (bicyclic) bond motifs is 2. The van der Waals surface area contributed by atoms with Crippen LogP contribution in [0.25, 0.3) is 0 Å². The molecule has 2 aliphatic rings. The van der Waals surface area contributed by atoms with Crippen LogP contribution >= 0.6 is 0 Å². The van der Waals surface area contributed by atoms with Crippen molar-refractivity contribution in [1.29, 1.82) is 0 Å². The van der Waals surface area contributed by atoms with E-state index in [1.54, 1.807) is 10.9 Å². The Balaban J connectivity index is 1.82. The summed E-state index contributed by atoms with van der Waals surface area (Å²) < 4.78 is 23.3. The highest BCUT2D eigenvalue weighted by Crippen LogP contribution is 2.31. The lowest BCUT2D eigenvalue weighted by Crippen LogP contribution is -2.40. The van der Waals surface area contributed by atoms with Gasteiger partial charge in [0.15, 0.2) is 6.10 Å².